The average Bonchev–Trinajstić information content (AvgIpc) is 2.99. The maximum absolute atomic E-state index is 6.44. The molecular weight excluding hydrogens is 212 g/mol. The predicted molar refractivity (Wildman–Crippen MR) is 65.7 cm³/mol. The van der Waals surface area contributed by atoms with Crippen LogP contribution in [0.2, 0.25) is 0 Å². The van der Waals surface area contributed by atoms with Crippen LogP contribution in [0.4, 0.5) is 0 Å². The fourth-order valence-electron chi connectivity index (χ4n) is 2.58. The maximum atomic E-state index is 6.44. The third kappa shape index (κ3) is 1.74. The van der Waals surface area contributed by atoms with Gasteiger partial charge in [0, 0.05) is 5.69 Å². The van der Waals surface area contributed by atoms with Crippen LogP contribution in [0.15, 0.2) is 36.7 Å². The van der Waals surface area contributed by atoms with Crippen molar-refractivity contribution in [1.82, 2.24) is 14.8 Å². The zero-order chi connectivity index (χ0) is 11.7. The van der Waals surface area contributed by atoms with E-state index in [0.717, 1.165) is 24.4 Å². The van der Waals surface area contributed by atoms with Gasteiger partial charge in [-0.25, -0.2) is 0 Å². The number of para-hydroxylation sites is 1. The topological polar surface area (TPSA) is 56.7 Å². The van der Waals surface area contributed by atoms with Crippen molar-refractivity contribution in [3.8, 4) is 5.69 Å². The summed E-state index contributed by atoms with van der Waals surface area (Å²) < 4.78 is 2.01. The Hall–Kier alpha value is -1.68. The molecule has 1 aliphatic carbocycles. The summed E-state index contributed by atoms with van der Waals surface area (Å²) in [5, 5.41) is 8.26. The molecule has 1 aromatic heterocycles. The summed E-state index contributed by atoms with van der Waals surface area (Å²) in [5.41, 5.74) is 7.21. The third-order valence-corrected chi connectivity index (χ3v) is 3.52. The molecular formula is C13H16N4. The minimum atomic E-state index is -0.299. The van der Waals surface area contributed by atoms with E-state index < -0.39 is 0 Å². The van der Waals surface area contributed by atoms with E-state index in [2.05, 4.69) is 10.2 Å². The monoisotopic (exact) mass is 228 g/mol. The van der Waals surface area contributed by atoms with E-state index in [0.29, 0.717) is 0 Å². The number of hydrogen-bond acceptors (Lipinski definition) is 3. The Labute approximate surface area is 100 Å². The summed E-state index contributed by atoms with van der Waals surface area (Å²) in [4.78, 5) is 0. The molecule has 2 aromatic rings. The van der Waals surface area contributed by atoms with E-state index in [-0.39, 0.29) is 5.54 Å². The number of rotatable bonds is 2. The first-order valence-corrected chi connectivity index (χ1v) is 6.04. The lowest BCUT2D eigenvalue weighted by Crippen LogP contribution is -2.36. The van der Waals surface area contributed by atoms with Crippen LogP contribution in [0.25, 0.3) is 5.69 Å². The molecule has 3 rings (SSSR count). The molecule has 0 bridgehead atoms. The highest BCUT2D eigenvalue weighted by Gasteiger charge is 2.35. The molecule has 0 amide bonds. The van der Waals surface area contributed by atoms with Crippen molar-refractivity contribution in [2.75, 3.05) is 0 Å². The predicted octanol–water partition coefficient (Wildman–Crippen LogP) is 2.00. The van der Waals surface area contributed by atoms with E-state index >= 15 is 0 Å². The van der Waals surface area contributed by atoms with E-state index in [9.17, 15) is 0 Å². The van der Waals surface area contributed by atoms with Crippen molar-refractivity contribution >= 4 is 0 Å². The molecule has 4 heteroatoms. The fraction of sp³-hybridized carbons (Fsp3) is 0.385. The molecule has 17 heavy (non-hydrogen) atoms. The zero-order valence-electron chi connectivity index (χ0n) is 9.71. The van der Waals surface area contributed by atoms with Gasteiger partial charge in [0.05, 0.1) is 5.54 Å². The lowest BCUT2D eigenvalue weighted by molar-refractivity contribution is 0.423. The van der Waals surface area contributed by atoms with Crippen LogP contribution in [-0.2, 0) is 5.54 Å². The van der Waals surface area contributed by atoms with Crippen molar-refractivity contribution < 1.29 is 0 Å². The van der Waals surface area contributed by atoms with Gasteiger partial charge in [-0.1, -0.05) is 31.0 Å². The van der Waals surface area contributed by atoms with Gasteiger partial charge in [-0.05, 0) is 25.0 Å². The largest absolute Gasteiger partial charge is 0.319 e. The van der Waals surface area contributed by atoms with Crippen LogP contribution in [0.5, 0.6) is 0 Å². The minimum absolute atomic E-state index is 0.299. The highest BCUT2D eigenvalue weighted by Crippen LogP contribution is 2.35. The van der Waals surface area contributed by atoms with Gasteiger partial charge in [0.1, 0.15) is 6.33 Å². The highest BCUT2D eigenvalue weighted by atomic mass is 15.3. The highest BCUT2D eigenvalue weighted by molar-refractivity contribution is 5.33. The summed E-state index contributed by atoms with van der Waals surface area (Å²) >= 11 is 0. The van der Waals surface area contributed by atoms with Crippen LogP contribution >= 0.6 is 0 Å². The molecule has 1 heterocycles. The zero-order valence-corrected chi connectivity index (χ0v) is 9.71. The van der Waals surface area contributed by atoms with Gasteiger partial charge in [-0.15, -0.1) is 10.2 Å². The summed E-state index contributed by atoms with van der Waals surface area (Å²) in [7, 11) is 0. The van der Waals surface area contributed by atoms with Gasteiger partial charge < -0.3 is 5.73 Å². The standard InChI is InChI=1S/C13H16N4/c14-13(8-4-5-9-13)12-16-15-10-17(12)11-6-2-1-3-7-11/h1-3,6-7,10H,4-5,8-9,14H2. The molecule has 88 valence electrons. The van der Waals surface area contributed by atoms with Gasteiger partial charge in [0.15, 0.2) is 5.82 Å². The first-order valence-electron chi connectivity index (χ1n) is 6.04. The van der Waals surface area contributed by atoms with Gasteiger partial charge >= 0.3 is 0 Å². The van der Waals surface area contributed by atoms with Crippen LogP contribution in [0.3, 0.4) is 0 Å². The van der Waals surface area contributed by atoms with Crippen molar-refractivity contribution in [3.05, 3.63) is 42.5 Å². The van der Waals surface area contributed by atoms with Crippen molar-refractivity contribution in [2.45, 2.75) is 31.2 Å². The molecule has 1 saturated carbocycles. The molecule has 0 saturated heterocycles. The van der Waals surface area contributed by atoms with Gasteiger partial charge in [0.25, 0.3) is 0 Å². The molecule has 4 nitrogen and oxygen atoms in total. The lowest BCUT2D eigenvalue weighted by atomic mass is 9.98. The molecule has 0 unspecified atom stereocenters. The Bertz CT molecular complexity index is 497. The van der Waals surface area contributed by atoms with Crippen LogP contribution in [0, 0.1) is 0 Å². The van der Waals surface area contributed by atoms with Gasteiger partial charge in [0.2, 0.25) is 0 Å². The van der Waals surface area contributed by atoms with Gasteiger partial charge in [-0.3, -0.25) is 4.57 Å². The molecule has 0 radical (unpaired) electrons. The summed E-state index contributed by atoms with van der Waals surface area (Å²) in [6.07, 6.45) is 6.10. The normalized spacial score (nSPS) is 18.4. The van der Waals surface area contributed by atoms with Crippen molar-refractivity contribution in [2.24, 2.45) is 5.73 Å². The van der Waals surface area contributed by atoms with Gasteiger partial charge in [-0.2, -0.15) is 0 Å². The fourth-order valence-corrected chi connectivity index (χ4v) is 2.58. The Morgan fingerprint density at radius 1 is 1.12 bits per heavy atom. The SMILES string of the molecule is NC1(c2nncn2-c2ccccc2)CCCC1. The molecule has 0 spiro atoms. The second-order valence-electron chi connectivity index (χ2n) is 4.72. The Morgan fingerprint density at radius 2 is 1.82 bits per heavy atom. The van der Waals surface area contributed by atoms with E-state index in [1.165, 1.54) is 12.8 Å². The summed E-state index contributed by atoms with van der Waals surface area (Å²) in [6, 6.07) is 10.1. The molecule has 0 aliphatic heterocycles. The van der Waals surface area contributed by atoms with E-state index in [1.54, 1.807) is 6.33 Å². The first-order chi connectivity index (χ1) is 8.30. The average molecular weight is 228 g/mol. The number of benzene rings is 1. The Morgan fingerprint density at radius 3 is 2.53 bits per heavy atom. The van der Waals surface area contributed by atoms with Crippen LogP contribution in [0.1, 0.15) is 31.5 Å². The summed E-state index contributed by atoms with van der Waals surface area (Å²) in [5.74, 6) is 0.890. The first kappa shape index (κ1) is 10.5. The summed E-state index contributed by atoms with van der Waals surface area (Å²) in [6.45, 7) is 0. The molecule has 1 aliphatic rings. The molecule has 1 aromatic carbocycles. The van der Waals surface area contributed by atoms with E-state index in [4.69, 9.17) is 5.73 Å². The van der Waals surface area contributed by atoms with Crippen LogP contribution < -0.4 is 5.73 Å². The lowest BCUT2D eigenvalue weighted by Gasteiger charge is -2.23. The number of nitrogens with two attached hydrogens (primary N) is 1. The second kappa shape index (κ2) is 3.96. The maximum Gasteiger partial charge on any atom is 0.157 e. The van der Waals surface area contributed by atoms with Crippen molar-refractivity contribution in [3.63, 3.8) is 0 Å². The number of hydrogen-bond donors (Lipinski definition) is 1. The molecule has 1 fully saturated rings. The smallest absolute Gasteiger partial charge is 0.157 e. The van der Waals surface area contributed by atoms with Crippen molar-refractivity contribution in [1.29, 1.82) is 0 Å². The third-order valence-electron chi connectivity index (χ3n) is 3.52. The number of aromatic nitrogens is 3. The number of nitrogens with zero attached hydrogens (tertiary/aromatic N) is 3. The Balaban J connectivity index is 2.05. The minimum Gasteiger partial charge on any atom is -0.319 e. The Kier molecular flexibility index (Phi) is 2.44. The quantitative estimate of drug-likeness (QED) is 0.855. The molecule has 0 atom stereocenters. The second-order valence-corrected chi connectivity index (χ2v) is 4.72. The van der Waals surface area contributed by atoms with Crippen LogP contribution in [-0.4, -0.2) is 14.8 Å². The van der Waals surface area contributed by atoms with E-state index in [1.807, 2.05) is 34.9 Å². The molecule has 2 N–H and O–H groups in total.